The number of allylic oxidation sites excluding steroid dienone is 4. The third kappa shape index (κ3) is 19.3. The molecule has 138 heavy (non-hydrogen) atoms. The van der Waals surface area contributed by atoms with Crippen LogP contribution >= 0.6 is 0 Å². The molecule has 1 spiro atoms. The van der Waals surface area contributed by atoms with Crippen LogP contribution in [0.3, 0.4) is 0 Å². The molecule has 0 amide bonds. The van der Waals surface area contributed by atoms with Crippen LogP contribution in [-0.2, 0) is 33.3 Å². The first-order chi connectivity index (χ1) is 62.1. The van der Waals surface area contributed by atoms with Crippen molar-refractivity contribution in [1.29, 1.82) is 0 Å². The van der Waals surface area contributed by atoms with Crippen molar-refractivity contribution < 1.29 is 58.9 Å². The summed E-state index contributed by atoms with van der Waals surface area (Å²) < 4.78 is 22.3. The lowest BCUT2D eigenvalue weighted by Gasteiger charge is -2.64. The van der Waals surface area contributed by atoms with Crippen LogP contribution in [0.15, 0.2) is 23.3 Å². The Kier molecular flexibility index (Phi) is 33.7. The molecule has 5 N–H and O–H groups in total. The Labute approximate surface area is 848 Å². The zero-order valence-corrected chi connectivity index (χ0v) is 89.7. The SMILES string of the molecule is C.C.C.C.C.C/C=C1/CC[C@H]2[C@@H]3C[C@@H](C)[C@H]4CC(C)(O)CC[C@]4(C)[C@H]3CC[C@]12C.COC(=O)CC[C@@H](C)C1=CC[C@H]2[C@@H]3C[C@@H](C)[C@H]4C[C@@](C)(O)CC[C@]4(C)[C@H]3CC[C@]12C.COC(=O)CC[C@@H](C)[C@H]1CC[C@H]2[C@@H]3C[C@@H](C)[C@H]4C[C@@](C)(O)CC[C@]4(C)[C@H]3CC[C@]12C.C[C@@H]1C[C@@H]2[C@H](CC[C@@]3(C)[C@H]2CCC32OCCO2)[C@@]2(C)CCC(C)(O)C[C@H]12.C[C@@H]1C[C@@H]2[C@H](CC[C@]3(C)C(=O)CC[C@@H]23)[C@@]2(C)CCC(C)(O)C[C@H]12. The summed E-state index contributed by atoms with van der Waals surface area (Å²) in [5, 5.41) is 53.7. The molecule has 19 saturated carbocycles. The van der Waals surface area contributed by atoms with E-state index in [9.17, 15) is 39.9 Å². The van der Waals surface area contributed by atoms with Crippen molar-refractivity contribution in [2.24, 2.45) is 220 Å². The first-order valence-electron chi connectivity index (χ1n) is 57.1. The Balaban J connectivity index is 0.000000154. The van der Waals surface area contributed by atoms with Gasteiger partial charge in [-0.05, 0) is 501 Å². The van der Waals surface area contributed by atoms with E-state index < -0.39 is 28.0 Å². The Morgan fingerprint density at radius 3 is 1.09 bits per heavy atom. The van der Waals surface area contributed by atoms with Crippen molar-refractivity contribution in [3.63, 3.8) is 0 Å². The lowest BCUT2D eigenvalue weighted by molar-refractivity contribution is -0.251. The lowest BCUT2D eigenvalue weighted by atomic mass is 9.42. The smallest absolute Gasteiger partial charge is 0.305 e. The molecule has 0 aromatic rings. The van der Waals surface area contributed by atoms with Gasteiger partial charge in [0.25, 0.3) is 0 Å². The van der Waals surface area contributed by atoms with Gasteiger partial charge in [0.2, 0.25) is 0 Å². The summed E-state index contributed by atoms with van der Waals surface area (Å²) in [6.45, 7) is 56.5. The zero-order valence-electron chi connectivity index (χ0n) is 89.7. The molecule has 20 aliphatic carbocycles. The lowest BCUT2D eigenvalue weighted by Crippen LogP contribution is -2.59. The van der Waals surface area contributed by atoms with Crippen molar-refractivity contribution in [3.8, 4) is 0 Å². The molecule has 796 valence electrons. The number of methoxy groups -OCH3 is 2. The number of esters is 2. The van der Waals surface area contributed by atoms with Gasteiger partial charge in [0.15, 0.2) is 5.79 Å². The summed E-state index contributed by atoms with van der Waals surface area (Å²) in [5.41, 5.74) is 4.67. The molecular formula is C126H220O12. The first kappa shape index (κ1) is 115. The van der Waals surface area contributed by atoms with Crippen molar-refractivity contribution in [1.82, 2.24) is 0 Å². The minimum Gasteiger partial charge on any atom is -0.469 e. The van der Waals surface area contributed by atoms with E-state index in [-0.39, 0.29) is 65.7 Å². The van der Waals surface area contributed by atoms with Crippen LogP contribution in [-0.4, -0.2) is 104 Å². The van der Waals surface area contributed by atoms with Crippen LogP contribution in [0, 0.1) is 220 Å². The van der Waals surface area contributed by atoms with E-state index in [1.807, 2.05) is 6.92 Å². The fourth-order valence-corrected chi connectivity index (χ4v) is 42.9. The van der Waals surface area contributed by atoms with E-state index in [1.54, 1.807) is 11.1 Å². The summed E-state index contributed by atoms with van der Waals surface area (Å²) in [5.74, 6) is 21.2. The second-order valence-electron chi connectivity index (χ2n) is 57.4. The highest BCUT2D eigenvalue weighted by Crippen LogP contribution is 2.77. The topological polar surface area (TPSA) is 189 Å². The van der Waals surface area contributed by atoms with Crippen molar-refractivity contribution in [2.45, 2.75) is 506 Å². The Morgan fingerprint density at radius 2 is 0.696 bits per heavy atom. The van der Waals surface area contributed by atoms with Gasteiger partial charge >= 0.3 is 11.9 Å². The first-order valence-corrected chi connectivity index (χ1v) is 57.1. The molecule has 1 aliphatic heterocycles. The van der Waals surface area contributed by atoms with E-state index >= 15 is 0 Å². The third-order valence-corrected chi connectivity index (χ3v) is 50.3. The van der Waals surface area contributed by atoms with Crippen molar-refractivity contribution in [2.75, 3.05) is 27.4 Å². The number of hydrogen-bond donors (Lipinski definition) is 5. The van der Waals surface area contributed by atoms with Gasteiger partial charge in [-0.25, -0.2) is 0 Å². The largest absolute Gasteiger partial charge is 0.469 e. The molecule has 1 heterocycles. The number of fused-ring (bicyclic) bond motifs is 26. The van der Waals surface area contributed by atoms with E-state index in [0.29, 0.717) is 115 Å². The molecule has 3 unspecified atom stereocenters. The van der Waals surface area contributed by atoms with Gasteiger partial charge in [-0.1, -0.05) is 178 Å². The summed E-state index contributed by atoms with van der Waals surface area (Å²) in [6.07, 6.45) is 54.9. The zero-order chi connectivity index (χ0) is 96.1. The third-order valence-electron chi connectivity index (χ3n) is 50.3. The minimum absolute atomic E-state index is 0. The molecule has 1 saturated heterocycles. The van der Waals surface area contributed by atoms with Gasteiger partial charge in [0.1, 0.15) is 5.78 Å². The minimum atomic E-state index is -0.467. The Bertz CT molecular complexity index is 4180. The predicted octanol–water partition coefficient (Wildman–Crippen LogP) is 30.9. The maximum atomic E-state index is 12.5. The van der Waals surface area contributed by atoms with Crippen LogP contribution < -0.4 is 0 Å². The van der Waals surface area contributed by atoms with Crippen molar-refractivity contribution in [3.05, 3.63) is 23.3 Å². The summed E-state index contributed by atoms with van der Waals surface area (Å²) in [6, 6.07) is 0. The van der Waals surface area contributed by atoms with Gasteiger partial charge in [-0.15, -0.1) is 0 Å². The normalized spacial score (nSPS) is 52.9. The maximum absolute atomic E-state index is 12.5. The summed E-state index contributed by atoms with van der Waals surface area (Å²) in [4.78, 5) is 35.9. The Hall–Kier alpha value is -2.19. The predicted molar refractivity (Wildman–Crippen MR) is 569 cm³/mol. The molecule has 21 rings (SSSR count). The number of carbonyl (C=O) groups is 3. The molecule has 0 radical (unpaired) electrons. The molecule has 12 nitrogen and oxygen atoms in total. The standard InChI is InChI=1S/C27H46O3.C27H44O3.C23H38O3.C23H38O.C21H34O2.5CH4/c2*1-17(7-10-24(28)30-6)20-8-9-21-19-15-18(2)23-16-25(3,29)13-14-27(23,5)22(19)11-12-26(20,21)4;1-15-13-16-17(21(3)10-9-20(2,24)14-19(15)21)5-7-22(4)18(16)6-8-23(22)25-11-12-26-23;1-6-16-7-8-18-17-13-15(2)20-14-21(3,24)11-12-23(20,5)19(17)9-10-22(16,18)4;1-13-11-14-15-5-6-18(22)21(15,4)8-7-16(14)20(3)10-9-19(2,23)12-17(13)20;;;;;/h17-23,29H,7-16H2,1-6H3;8,17-19,21-23,29H,7,9-16H2,1-6H3;15-19,24H,5-14H2,1-4H3;6,15,17-20,24H,7-14H2,1-5H3;13-17,23H,5-12H2,1-4H3;5*1H4/b;;;16-6-;;;;;;/t17-,18-,19+,20-,21+,22+,23-,25+,26-,27-;17-,18-,19+,21+,22+,23-,25+,26-,27-;15-,16-,17+,18+,19-,20?,21-,22+;15-,17+,18+,19+,20-,21?,22-,23-;13-,14+,15+,16+,17-,19?,20-,21+;;;;;/m11111...../s1. The number of aliphatic hydroxyl groups is 5. The van der Waals surface area contributed by atoms with Gasteiger partial charge in [0, 0.05) is 36.5 Å². The van der Waals surface area contributed by atoms with Gasteiger partial charge in [0.05, 0.1) is 55.4 Å². The highest BCUT2D eigenvalue weighted by atomic mass is 16.7. The molecule has 21 aliphatic rings. The van der Waals surface area contributed by atoms with Crippen LogP contribution in [0.1, 0.15) is 472 Å². The molecule has 12 heteroatoms. The highest BCUT2D eigenvalue weighted by molar-refractivity contribution is 5.87. The molecule has 43 atom stereocenters. The fourth-order valence-electron chi connectivity index (χ4n) is 42.9. The number of hydrogen-bond acceptors (Lipinski definition) is 12. The van der Waals surface area contributed by atoms with Gasteiger partial charge in [-0.3, -0.25) is 14.4 Å². The van der Waals surface area contributed by atoms with Crippen molar-refractivity contribution >= 4 is 17.7 Å². The molecule has 0 aromatic carbocycles. The van der Waals surface area contributed by atoms with Crippen LogP contribution in [0.4, 0.5) is 0 Å². The number of Topliss-reactive ketones (excluding diaryl/α,β-unsaturated/α-hetero) is 1. The molecule has 0 bridgehead atoms. The summed E-state index contributed by atoms with van der Waals surface area (Å²) >= 11 is 0. The van der Waals surface area contributed by atoms with E-state index in [1.165, 1.54) is 175 Å². The van der Waals surface area contributed by atoms with E-state index in [0.717, 1.165) is 228 Å². The van der Waals surface area contributed by atoms with Gasteiger partial charge in [-0.2, -0.15) is 0 Å². The maximum Gasteiger partial charge on any atom is 0.305 e. The Morgan fingerprint density at radius 1 is 0.370 bits per heavy atom. The number of rotatable bonds is 8. The second kappa shape index (κ2) is 40.6. The highest BCUT2D eigenvalue weighted by Gasteiger charge is 2.72. The number of carbonyl (C=O) groups excluding carboxylic acids is 3. The van der Waals surface area contributed by atoms with Gasteiger partial charge < -0.3 is 44.5 Å². The van der Waals surface area contributed by atoms with E-state index in [2.05, 4.69) is 164 Å². The molecule has 20 fully saturated rings. The number of ketones is 1. The second-order valence-corrected chi connectivity index (χ2v) is 57.4. The average Bonchev–Trinajstić information content (AvgIpc) is 1.52. The van der Waals surface area contributed by atoms with Crippen LogP contribution in [0.2, 0.25) is 0 Å². The van der Waals surface area contributed by atoms with Crippen LogP contribution in [0.25, 0.3) is 0 Å². The molecule has 0 aromatic heterocycles. The fraction of sp³-hybridized carbons (Fsp3) is 0.944. The monoisotopic (exact) mass is 1930 g/mol. The van der Waals surface area contributed by atoms with Crippen LogP contribution in [0.5, 0.6) is 0 Å². The molecular weight excluding hydrogens is 1710 g/mol. The number of ether oxygens (including phenoxy) is 4. The average molecular weight is 1930 g/mol. The summed E-state index contributed by atoms with van der Waals surface area (Å²) in [7, 11) is 2.99. The quantitative estimate of drug-likeness (QED) is 0.114. The van der Waals surface area contributed by atoms with E-state index in [4.69, 9.17) is 18.9 Å².